The van der Waals surface area contributed by atoms with Crippen molar-refractivity contribution >= 4 is 93.7 Å². The molecule has 32 heteroatoms. The number of nitrogens with two attached hydrogens (primary N) is 7. The van der Waals surface area contributed by atoms with Crippen LogP contribution in [0.5, 0.6) is 0 Å². The number of rotatable bonds is 37. The standard InChI is InChI=1S/C71H99N19O13/c72-32-10-9-23-50(83-65(98)54-24-12-34-87(54)67(100)46(73)21-11-33-79-71(77)78)68(101)88-35-13-25-55(88)64(97)82-49(29-31-59(75)92)61(94)81-48(28-30-58(74)91)62(95)85-52(38-42-16-3-1-4-17-42)63(96)86-53(39-43-18-5-2-6-19-43)69(102)90-37-15-27-57(90)70(103)89-36-14-26-56(89)66(99)84-51(60(76)93)40-44-41-80-47-22-8-7-20-45(44)47/h1-8,16-20,22,41,46,48-57,80H,9-15,21,23-40,72-73H2,(H2,74,91)(H2,75,92)(H2,76,93)(H,81,94)(H,82,97)(H,83,98)(H,84,99)(H,85,95)(H,86,96)(H4,77,78,79)/t46-,48-,49-,50-,51-,52-,53-,54-,55-,56-,57+/m0/s1. The molecule has 0 bridgehead atoms. The number of H-pyrrole nitrogens is 1. The fraction of sp³-hybridized carbons (Fsp3) is 0.521. The van der Waals surface area contributed by atoms with Crippen LogP contribution in [0.2, 0.25) is 0 Å². The zero-order valence-electron chi connectivity index (χ0n) is 58.0. The third-order valence-electron chi connectivity index (χ3n) is 19.4. The maximum atomic E-state index is 15.2. The number of aromatic amines is 1. The van der Waals surface area contributed by atoms with Gasteiger partial charge in [-0.3, -0.25) is 67.3 Å². The molecule has 556 valence electrons. The van der Waals surface area contributed by atoms with Gasteiger partial charge in [-0.1, -0.05) is 78.9 Å². The molecule has 32 nitrogen and oxygen atoms in total. The van der Waals surface area contributed by atoms with Crippen LogP contribution in [0, 0.1) is 0 Å². The zero-order chi connectivity index (χ0) is 74.3. The number of primary amides is 3. The minimum atomic E-state index is -1.64. The second-order valence-corrected chi connectivity index (χ2v) is 26.8. The Bertz CT molecular complexity index is 3700. The van der Waals surface area contributed by atoms with E-state index in [2.05, 4.69) is 41.9 Å². The number of hydrogen-bond acceptors (Lipinski definition) is 16. The lowest BCUT2D eigenvalue weighted by Gasteiger charge is -2.33. The first-order valence-corrected chi connectivity index (χ1v) is 35.5. The first-order valence-electron chi connectivity index (χ1n) is 35.5. The number of amides is 13. The molecule has 103 heavy (non-hydrogen) atoms. The second-order valence-electron chi connectivity index (χ2n) is 26.8. The molecule has 0 saturated carbocycles. The maximum absolute atomic E-state index is 15.2. The predicted molar refractivity (Wildman–Crippen MR) is 380 cm³/mol. The van der Waals surface area contributed by atoms with Crippen LogP contribution in [-0.4, -0.2) is 213 Å². The third-order valence-corrected chi connectivity index (χ3v) is 19.4. The normalized spacial score (nSPS) is 19.2. The summed E-state index contributed by atoms with van der Waals surface area (Å²) in [6, 6.07) is 11.3. The molecule has 0 spiro atoms. The van der Waals surface area contributed by atoms with Gasteiger partial charge in [0.05, 0.1) is 6.04 Å². The van der Waals surface area contributed by atoms with E-state index in [-0.39, 0.29) is 96.6 Å². The molecule has 0 radical (unpaired) electrons. The number of hydrogen-bond donors (Lipinski definition) is 14. The van der Waals surface area contributed by atoms with Crippen LogP contribution in [0.4, 0.5) is 0 Å². The SMILES string of the molecule is NCCCC[C@H](NC(=O)[C@@H]1CCCN1C(=O)[C@@H](N)CCCN=C(N)N)C(=O)N1CCC[C@H]1C(=O)N[C@@H](CCC(N)=O)C(=O)N[C@@H](CCC(N)=O)C(=O)N[C@@H](Cc1ccccc1)C(=O)N[C@@H](Cc1ccccc1)C(=O)N1CCC[C@@H]1C(=O)N1CCC[C@H]1C(=O)N[C@@H](Cc1c[nH]c2ccccc12)C(N)=O. The molecule has 8 rings (SSSR count). The van der Waals surface area contributed by atoms with E-state index < -0.39 is 169 Å². The molecule has 4 fully saturated rings. The summed E-state index contributed by atoms with van der Waals surface area (Å²) in [6.07, 6.45) is 4.13. The van der Waals surface area contributed by atoms with Crippen LogP contribution < -0.4 is 72.0 Å². The van der Waals surface area contributed by atoms with Gasteiger partial charge in [-0.05, 0) is 126 Å². The van der Waals surface area contributed by atoms with Gasteiger partial charge >= 0.3 is 0 Å². The van der Waals surface area contributed by atoms with Crippen LogP contribution in [0.1, 0.15) is 126 Å². The number of benzene rings is 3. The predicted octanol–water partition coefficient (Wildman–Crippen LogP) is -2.41. The third kappa shape index (κ3) is 21.8. The molecule has 3 aromatic carbocycles. The Balaban J connectivity index is 0.968. The second kappa shape index (κ2) is 38.0. The Labute approximate surface area is 597 Å². The van der Waals surface area contributed by atoms with Gasteiger partial charge in [0.25, 0.3) is 0 Å². The van der Waals surface area contributed by atoms with Gasteiger partial charge < -0.3 is 96.6 Å². The van der Waals surface area contributed by atoms with Gasteiger partial charge in [-0.25, -0.2) is 0 Å². The number of nitrogens with one attached hydrogen (secondary N) is 7. The maximum Gasteiger partial charge on any atom is 0.246 e. The van der Waals surface area contributed by atoms with Gasteiger partial charge in [0.15, 0.2) is 5.96 Å². The molecule has 11 atom stereocenters. The molecule has 0 aliphatic carbocycles. The molecule has 21 N–H and O–H groups in total. The molecule has 4 saturated heterocycles. The monoisotopic (exact) mass is 1430 g/mol. The van der Waals surface area contributed by atoms with Gasteiger partial charge in [0, 0.05) is 81.9 Å². The van der Waals surface area contributed by atoms with Crippen molar-refractivity contribution in [3.63, 3.8) is 0 Å². The Kier molecular flexibility index (Phi) is 28.8. The average molecular weight is 1430 g/mol. The Morgan fingerprint density at radius 1 is 0.456 bits per heavy atom. The van der Waals surface area contributed by atoms with Crippen molar-refractivity contribution in [2.75, 3.05) is 39.3 Å². The topological polar surface area (TPSA) is 517 Å². The highest BCUT2D eigenvalue weighted by molar-refractivity contribution is 6.00. The number of guanidine groups is 1. The molecule has 5 heterocycles. The number of fused-ring (bicyclic) bond motifs is 1. The quantitative estimate of drug-likeness (QED) is 0.0127. The van der Waals surface area contributed by atoms with Crippen molar-refractivity contribution < 1.29 is 62.3 Å². The van der Waals surface area contributed by atoms with Crippen LogP contribution in [-0.2, 0) is 81.6 Å². The van der Waals surface area contributed by atoms with Crippen molar-refractivity contribution in [1.82, 2.24) is 56.5 Å². The summed E-state index contributed by atoms with van der Waals surface area (Å²) >= 11 is 0. The van der Waals surface area contributed by atoms with Crippen molar-refractivity contribution in [1.29, 1.82) is 0 Å². The van der Waals surface area contributed by atoms with E-state index in [4.69, 9.17) is 40.1 Å². The number of carbonyl (C=O) groups is 13. The highest BCUT2D eigenvalue weighted by Crippen LogP contribution is 2.29. The number of unbranched alkanes of at least 4 members (excludes halogenated alkanes) is 1. The van der Waals surface area contributed by atoms with Crippen molar-refractivity contribution in [2.45, 2.75) is 195 Å². The van der Waals surface area contributed by atoms with Gasteiger partial charge in [-0.15, -0.1) is 0 Å². The number of nitrogens with zero attached hydrogens (tertiary/aromatic N) is 5. The summed E-state index contributed by atoms with van der Waals surface area (Å²) in [6.45, 7) is 1.17. The number of likely N-dealkylation sites (tertiary alicyclic amines) is 4. The molecule has 4 aliphatic heterocycles. The molecular weight excluding hydrogens is 1330 g/mol. The Hall–Kier alpha value is -10.5. The van der Waals surface area contributed by atoms with Crippen LogP contribution in [0.3, 0.4) is 0 Å². The van der Waals surface area contributed by atoms with E-state index in [1.807, 2.05) is 24.3 Å². The Morgan fingerprint density at radius 2 is 0.903 bits per heavy atom. The van der Waals surface area contributed by atoms with Crippen molar-refractivity contribution in [2.24, 2.45) is 45.1 Å². The number of aliphatic imine (C=N–C) groups is 1. The van der Waals surface area contributed by atoms with E-state index in [9.17, 15) is 52.7 Å². The fourth-order valence-corrected chi connectivity index (χ4v) is 14.0. The molecule has 0 unspecified atom stereocenters. The zero-order valence-corrected chi connectivity index (χ0v) is 58.0. The average Bonchev–Trinajstić information content (AvgIpc) is 1.70. The number of carbonyl (C=O) groups excluding carboxylic acids is 13. The molecule has 4 aliphatic rings. The van der Waals surface area contributed by atoms with E-state index in [1.165, 1.54) is 19.6 Å². The number of para-hydroxylation sites is 1. The van der Waals surface area contributed by atoms with E-state index in [1.54, 1.807) is 66.9 Å². The van der Waals surface area contributed by atoms with Gasteiger partial charge in [0.2, 0.25) is 76.8 Å². The summed E-state index contributed by atoms with van der Waals surface area (Å²) in [7, 11) is 0. The number of aromatic nitrogens is 1. The van der Waals surface area contributed by atoms with Crippen molar-refractivity contribution in [3.8, 4) is 0 Å². The summed E-state index contributed by atoms with van der Waals surface area (Å²) in [5, 5.41) is 17.3. The van der Waals surface area contributed by atoms with E-state index in [0.29, 0.717) is 62.5 Å². The van der Waals surface area contributed by atoms with Crippen LogP contribution in [0.25, 0.3) is 10.9 Å². The first-order chi connectivity index (χ1) is 49.4. The smallest absolute Gasteiger partial charge is 0.246 e. The fourth-order valence-electron chi connectivity index (χ4n) is 14.0. The lowest BCUT2D eigenvalue weighted by Crippen LogP contribution is -2.61. The van der Waals surface area contributed by atoms with Gasteiger partial charge in [-0.2, -0.15) is 0 Å². The Morgan fingerprint density at radius 3 is 1.46 bits per heavy atom. The summed E-state index contributed by atoms with van der Waals surface area (Å²) in [4.78, 5) is 196. The highest BCUT2D eigenvalue weighted by Gasteiger charge is 2.46. The van der Waals surface area contributed by atoms with Gasteiger partial charge in [0.1, 0.15) is 60.4 Å². The molecule has 1 aromatic heterocycles. The van der Waals surface area contributed by atoms with E-state index in [0.717, 1.165) is 16.5 Å². The van der Waals surface area contributed by atoms with E-state index >= 15 is 9.59 Å². The minimum absolute atomic E-state index is 0.0746. The molecular formula is C71H99N19O13. The lowest BCUT2D eigenvalue weighted by molar-refractivity contribution is -0.148. The first kappa shape index (κ1) is 78.2. The van der Waals surface area contributed by atoms with Crippen LogP contribution in [0.15, 0.2) is 96.1 Å². The largest absolute Gasteiger partial charge is 0.370 e. The highest BCUT2D eigenvalue weighted by atomic mass is 16.2. The summed E-state index contributed by atoms with van der Waals surface area (Å²) < 4.78 is 0. The summed E-state index contributed by atoms with van der Waals surface area (Å²) in [5.74, 6) is -9.61. The van der Waals surface area contributed by atoms with Crippen LogP contribution >= 0.6 is 0 Å². The summed E-state index contributed by atoms with van der Waals surface area (Å²) in [5.41, 5.74) is 42.7. The lowest BCUT2D eigenvalue weighted by atomic mass is 10.0. The minimum Gasteiger partial charge on any atom is -0.370 e. The molecule has 4 aromatic rings. The van der Waals surface area contributed by atoms with Crippen molar-refractivity contribution in [3.05, 3.63) is 108 Å². The molecule has 13 amide bonds.